The zero-order valence-electron chi connectivity index (χ0n) is 15.9. The molecule has 0 aliphatic carbocycles. The van der Waals surface area contributed by atoms with Gasteiger partial charge in [0.1, 0.15) is 6.04 Å². The Balaban J connectivity index is 1.88. The van der Waals surface area contributed by atoms with E-state index in [1.165, 1.54) is 5.06 Å². The highest BCUT2D eigenvalue weighted by atomic mass is 28.4. The predicted molar refractivity (Wildman–Crippen MR) is 95.3 cm³/mol. The first-order chi connectivity index (χ1) is 11.9. The molecular formula is C16H25N5O4Si. The molecule has 0 unspecified atom stereocenters. The standard InChI is InChI=1S/C16H25N5O4Si/c1-9-7-10-8-20(11(9)13-18-19-14(24-13)12(17)22)15(23)21(10)25-26(5,6)16(2,3)4/h7,10-11H,8H2,1-6H3,(H2,17,22)/t10-,11+/m1/s1. The van der Waals surface area contributed by atoms with Crippen molar-refractivity contribution < 1.29 is 18.5 Å². The van der Waals surface area contributed by atoms with Crippen LogP contribution in [0.25, 0.3) is 0 Å². The first-order valence-corrected chi connectivity index (χ1v) is 11.4. The monoisotopic (exact) mass is 379 g/mol. The third-order valence-corrected chi connectivity index (χ3v) is 9.60. The smallest absolute Gasteiger partial charge is 0.344 e. The number of fused-ring (bicyclic) bond motifs is 2. The summed E-state index contributed by atoms with van der Waals surface area (Å²) < 4.78 is 11.6. The van der Waals surface area contributed by atoms with Crippen LogP contribution in [-0.4, -0.2) is 53.0 Å². The Morgan fingerprint density at radius 3 is 2.58 bits per heavy atom. The van der Waals surface area contributed by atoms with Gasteiger partial charge in [0.2, 0.25) is 14.2 Å². The number of hydrogen-bond donors (Lipinski definition) is 1. The minimum absolute atomic E-state index is 0.0274. The summed E-state index contributed by atoms with van der Waals surface area (Å²) in [5.74, 6) is -0.890. The van der Waals surface area contributed by atoms with Crippen LogP contribution in [0.1, 0.15) is 50.3 Å². The summed E-state index contributed by atoms with van der Waals surface area (Å²) in [5.41, 5.74) is 6.06. The van der Waals surface area contributed by atoms with Gasteiger partial charge in [0.15, 0.2) is 0 Å². The van der Waals surface area contributed by atoms with Gasteiger partial charge >= 0.3 is 17.8 Å². The molecule has 3 rings (SSSR count). The fourth-order valence-corrected chi connectivity index (χ4v) is 3.84. The molecule has 2 aliphatic rings. The van der Waals surface area contributed by atoms with Crippen molar-refractivity contribution in [1.82, 2.24) is 20.2 Å². The Morgan fingerprint density at radius 1 is 1.38 bits per heavy atom. The van der Waals surface area contributed by atoms with Gasteiger partial charge < -0.3 is 19.6 Å². The number of nitrogens with zero attached hydrogens (tertiary/aromatic N) is 4. The fourth-order valence-electron chi connectivity index (χ4n) is 2.86. The van der Waals surface area contributed by atoms with Crippen LogP contribution in [0.5, 0.6) is 0 Å². The second kappa shape index (κ2) is 5.91. The van der Waals surface area contributed by atoms with E-state index in [4.69, 9.17) is 14.7 Å². The van der Waals surface area contributed by atoms with Crippen LogP contribution in [-0.2, 0) is 4.53 Å². The van der Waals surface area contributed by atoms with Crippen LogP contribution in [0.4, 0.5) is 4.79 Å². The van der Waals surface area contributed by atoms with Crippen molar-refractivity contribution in [3.63, 3.8) is 0 Å². The first-order valence-electron chi connectivity index (χ1n) is 8.53. The molecule has 1 aromatic rings. The molecule has 2 aliphatic heterocycles. The lowest BCUT2D eigenvalue weighted by atomic mass is 10.0. The van der Waals surface area contributed by atoms with Crippen molar-refractivity contribution in [2.75, 3.05) is 6.54 Å². The summed E-state index contributed by atoms with van der Waals surface area (Å²) in [7, 11) is -2.17. The zero-order chi connectivity index (χ0) is 19.4. The topological polar surface area (TPSA) is 115 Å². The van der Waals surface area contributed by atoms with E-state index < -0.39 is 20.3 Å². The molecule has 2 atom stereocenters. The predicted octanol–water partition coefficient (Wildman–Crippen LogP) is 2.21. The molecule has 10 heteroatoms. The maximum Gasteiger partial charge on any atom is 0.344 e. The summed E-state index contributed by atoms with van der Waals surface area (Å²) in [6, 6.07) is -0.921. The maximum absolute atomic E-state index is 13.0. The lowest BCUT2D eigenvalue weighted by molar-refractivity contribution is -0.0297. The molecule has 0 aromatic carbocycles. The summed E-state index contributed by atoms with van der Waals surface area (Å²) in [6.45, 7) is 12.9. The average molecular weight is 379 g/mol. The molecule has 0 radical (unpaired) electrons. The Hall–Kier alpha value is -2.20. The van der Waals surface area contributed by atoms with Crippen molar-refractivity contribution in [3.8, 4) is 0 Å². The molecule has 1 aromatic heterocycles. The van der Waals surface area contributed by atoms with Gasteiger partial charge in [-0.15, -0.1) is 10.2 Å². The van der Waals surface area contributed by atoms with E-state index in [-0.39, 0.29) is 28.9 Å². The van der Waals surface area contributed by atoms with Crippen LogP contribution < -0.4 is 5.73 Å². The van der Waals surface area contributed by atoms with Crippen molar-refractivity contribution in [2.45, 2.75) is 57.9 Å². The van der Waals surface area contributed by atoms with Crippen molar-refractivity contribution >= 4 is 20.3 Å². The van der Waals surface area contributed by atoms with Crippen LogP contribution in [0, 0.1) is 0 Å². The minimum Gasteiger partial charge on any atom is -0.414 e. The Kier molecular flexibility index (Phi) is 4.23. The average Bonchev–Trinajstić information content (AvgIpc) is 3.07. The molecule has 0 spiro atoms. The van der Waals surface area contributed by atoms with Crippen LogP contribution in [0.15, 0.2) is 16.1 Å². The highest BCUT2D eigenvalue weighted by Crippen LogP contribution is 2.42. The van der Waals surface area contributed by atoms with E-state index in [1.807, 2.05) is 13.0 Å². The Labute approximate surface area is 153 Å². The SMILES string of the molecule is CC1=C[C@@H]2CN(C(=O)N2O[Si](C)(C)C(C)(C)C)[C@@H]1c1nnc(C(N)=O)o1. The maximum atomic E-state index is 13.0. The first kappa shape index (κ1) is 18.6. The van der Waals surface area contributed by atoms with E-state index >= 15 is 0 Å². The lowest BCUT2D eigenvalue weighted by Crippen LogP contribution is -2.49. The molecule has 2 N–H and O–H groups in total. The molecule has 0 saturated carbocycles. The molecule has 1 saturated heterocycles. The van der Waals surface area contributed by atoms with Crippen molar-refractivity contribution in [3.05, 3.63) is 23.4 Å². The Bertz CT molecular complexity index is 782. The van der Waals surface area contributed by atoms with E-state index in [1.54, 1.807) is 4.90 Å². The molecule has 2 bridgehead atoms. The van der Waals surface area contributed by atoms with Crippen molar-refractivity contribution in [1.29, 1.82) is 0 Å². The highest BCUT2D eigenvalue weighted by Gasteiger charge is 2.50. The fraction of sp³-hybridized carbons (Fsp3) is 0.625. The lowest BCUT2D eigenvalue weighted by Gasteiger charge is -2.39. The normalized spacial score (nSPS) is 23.5. The van der Waals surface area contributed by atoms with Gasteiger partial charge in [-0.25, -0.2) is 9.86 Å². The highest BCUT2D eigenvalue weighted by molar-refractivity contribution is 6.74. The summed E-state index contributed by atoms with van der Waals surface area (Å²) in [6.07, 6.45) is 1.98. The van der Waals surface area contributed by atoms with Gasteiger partial charge in [0.05, 0.1) is 12.6 Å². The van der Waals surface area contributed by atoms with Gasteiger partial charge in [-0.2, -0.15) is 0 Å². The Morgan fingerprint density at radius 2 is 2.04 bits per heavy atom. The molecule has 1 fully saturated rings. The molecule has 9 nitrogen and oxygen atoms in total. The minimum atomic E-state index is -2.17. The number of carbonyl (C=O) groups excluding carboxylic acids is 2. The number of primary amides is 1. The number of rotatable bonds is 4. The largest absolute Gasteiger partial charge is 0.414 e. The van der Waals surface area contributed by atoms with Gasteiger partial charge in [-0.1, -0.05) is 26.8 Å². The van der Waals surface area contributed by atoms with E-state index in [9.17, 15) is 9.59 Å². The van der Waals surface area contributed by atoms with E-state index in [0.29, 0.717) is 6.54 Å². The second-order valence-corrected chi connectivity index (χ2v) is 13.0. The molecule has 3 amide bonds. The number of amides is 3. The number of hydrogen-bond acceptors (Lipinski definition) is 6. The van der Waals surface area contributed by atoms with Crippen molar-refractivity contribution in [2.24, 2.45) is 5.73 Å². The van der Waals surface area contributed by atoms with Gasteiger partial charge in [0.25, 0.3) is 0 Å². The van der Waals surface area contributed by atoms with Crippen LogP contribution in [0.2, 0.25) is 18.1 Å². The van der Waals surface area contributed by atoms with Crippen LogP contribution >= 0.6 is 0 Å². The molecule has 26 heavy (non-hydrogen) atoms. The number of aromatic nitrogens is 2. The zero-order valence-corrected chi connectivity index (χ0v) is 16.9. The van der Waals surface area contributed by atoms with Crippen LogP contribution in [0.3, 0.4) is 0 Å². The summed E-state index contributed by atoms with van der Waals surface area (Å²) >= 11 is 0. The van der Waals surface area contributed by atoms with Gasteiger partial charge in [-0.05, 0) is 30.6 Å². The quantitative estimate of drug-likeness (QED) is 0.633. The number of carbonyl (C=O) groups is 2. The number of urea groups is 1. The second-order valence-electron chi connectivity index (χ2n) is 8.30. The van der Waals surface area contributed by atoms with Gasteiger partial charge in [-0.3, -0.25) is 4.79 Å². The number of nitrogens with two attached hydrogens (primary N) is 1. The molecule has 142 valence electrons. The van der Waals surface area contributed by atoms with E-state index in [2.05, 4.69) is 44.1 Å². The van der Waals surface area contributed by atoms with E-state index in [0.717, 1.165) is 5.57 Å². The third kappa shape index (κ3) is 2.92. The molecular weight excluding hydrogens is 354 g/mol. The van der Waals surface area contributed by atoms with Gasteiger partial charge in [0, 0.05) is 0 Å². The number of hydroxylamine groups is 2. The summed E-state index contributed by atoms with van der Waals surface area (Å²) in [4.78, 5) is 25.8. The third-order valence-electron chi connectivity index (χ3n) is 5.34. The molecule has 3 heterocycles. The summed E-state index contributed by atoms with van der Waals surface area (Å²) in [5, 5.41) is 9.00.